The smallest absolute Gasteiger partial charge is 0.258 e. The van der Waals surface area contributed by atoms with Crippen molar-refractivity contribution in [2.45, 2.75) is 0 Å². The van der Waals surface area contributed by atoms with Gasteiger partial charge in [0.25, 0.3) is 5.91 Å². The molecule has 3 rings (SSSR count). The normalized spacial score (nSPS) is 10.7. The summed E-state index contributed by atoms with van der Waals surface area (Å²) in [6.07, 6.45) is 0. The van der Waals surface area contributed by atoms with Gasteiger partial charge in [0, 0.05) is 16.1 Å². The van der Waals surface area contributed by atoms with E-state index >= 15 is 0 Å². The van der Waals surface area contributed by atoms with Gasteiger partial charge in [0.15, 0.2) is 0 Å². The molecule has 0 aliphatic heterocycles. The molecule has 5 heteroatoms. The molecule has 3 nitrogen and oxygen atoms in total. The predicted molar refractivity (Wildman–Crippen MR) is 80.6 cm³/mol. The first kappa shape index (κ1) is 12.6. The van der Waals surface area contributed by atoms with E-state index in [9.17, 15) is 9.18 Å². The van der Waals surface area contributed by atoms with Gasteiger partial charge in [0.2, 0.25) is 0 Å². The van der Waals surface area contributed by atoms with Gasteiger partial charge in [-0.1, -0.05) is 0 Å². The standard InChI is InChI=1S/C15H11FN2OS/c16-13-3-1-10(17)8-12(13)15(19)18-11-2-4-14-9(7-11)5-6-20-14/h1-8H,17H2,(H,18,19). The van der Waals surface area contributed by atoms with Gasteiger partial charge in [-0.2, -0.15) is 0 Å². The number of carbonyl (C=O) groups is 1. The van der Waals surface area contributed by atoms with Crippen molar-refractivity contribution in [3.63, 3.8) is 0 Å². The van der Waals surface area contributed by atoms with Gasteiger partial charge in [-0.3, -0.25) is 4.79 Å². The summed E-state index contributed by atoms with van der Waals surface area (Å²) in [7, 11) is 0. The topological polar surface area (TPSA) is 55.1 Å². The van der Waals surface area contributed by atoms with Crippen LogP contribution >= 0.6 is 11.3 Å². The number of amides is 1. The Morgan fingerprint density at radius 3 is 2.85 bits per heavy atom. The van der Waals surface area contributed by atoms with Crippen molar-refractivity contribution < 1.29 is 9.18 Å². The Labute approximate surface area is 118 Å². The SMILES string of the molecule is Nc1ccc(F)c(C(=O)Nc2ccc3sccc3c2)c1. The third kappa shape index (κ3) is 2.35. The van der Waals surface area contributed by atoms with Gasteiger partial charge in [0.05, 0.1) is 5.56 Å². The number of benzene rings is 2. The summed E-state index contributed by atoms with van der Waals surface area (Å²) in [6, 6.07) is 11.5. The van der Waals surface area contributed by atoms with Crippen molar-refractivity contribution in [1.82, 2.24) is 0 Å². The van der Waals surface area contributed by atoms with Crippen molar-refractivity contribution in [2.24, 2.45) is 0 Å². The van der Waals surface area contributed by atoms with Crippen LogP contribution in [-0.2, 0) is 0 Å². The zero-order chi connectivity index (χ0) is 14.1. The van der Waals surface area contributed by atoms with Crippen molar-refractivity contribution in [2.75, 3.05) is 11.1 Å². The van der Waals surface area contributed by atoms with Crippen LogP contribution in [0.5, 0.6) is 0 Å². The van der Waals surface area contributed by atoms with E-state index in [0.29, 0.717) is 11.4 Å². The summed E-state index contributed by atoms with van der Waals surface area (Å²) in [6.45, 7) is 0. The molecule has 2 aromatic carbocycles. The Kier molecular flexibility index (Phi) is 3.12. The number of hydrogen-bond acceptors (Lipinski definition) is 3. The minimum Gasteiger partial charge on any atom is -0.399 e. The molecule has 1 heterocycles. The van der Waals surface area contributed by atoms with Gasteiger partial charge in [-0.25, -0.2) is 4.39 Å². The van der Waals surface area contributed by atoms with E-state index in [0.717, 1.165) is 10.1 Å². The van der Waals surface area contributed by atoms with E-state index in [-0.39, 0.29) is 5.56 Å². The highest BCUT2D eigenvalue weighted by Gasteiger charge is 2.12. The zero-order valence-corrected chi connectivity index (χ0v) is 11.2. The second kappa shape index (κ2) is 4.94. The van der Waals surface area contributed by atoms with Gasteiger partial charge in [-0.05, 0) is 53.2 Å². The van der Waals surface area contributed by atoms with Crippen molar-refractivity contribution in [3.05, 3.63) is 59.2 Å². The number of nitrogens with two attached hydrogens (primary N) is 1. The van der Waals surface area contributed by atoms with E-state index < -0.39 is 11.7 Å². The number of nitrogens with one attached hydrogen (secondary N) is 1. The Bertz CT molecular complexity index is 797. The van der Waals surface area contributed by atoms with Crippen LogP contribution in [0.25, 0.3) is 10.1 Å². The van der Waals surface area contributed by atoms with Gasteiger partial charge in [-0.15, -0.1) is 11.3 Å². The van der Waals surface area contributed by atoms with E-state index in [1.165, 1.54) is 18.2 Å². The van der Waals surface area contributed by atoms with Crippen LogP contribution in [0.15, 0.2) is 47.8 Å². The predicted octanol–water partition coefficient (Wildman–Crippen LogP) is 3.87. The summed E-state index contributed by atoms with van der Waals surface area (Å²) >= 11 is 1.63. The Balaban J connectivity index is 1.89. The highest BCUT2D eigenvalue weighted by Crippen LogP contribution is 2.24. The van der Waals surface area contributed by atoms with Crippen molar-refractivity contribution in [1.29, 1.82) is 0 Å². The van der Waals surface area contributed by atoms with E-state index in [2.05, 4.69) is 5.32 Å². The molecule has 1 aromatic heterocycles. The zero-order valence-electron chi connectivity index (χ0n) is 10.4. The summed E-state index contributed by atoms with van der Waals surface area (Å²) < 4.78 is 14.7. The maximum atomic E-state index is 13.6. The minimum atomic E-state index is -0.590. The first-order valence-corrected chi connectivity index (χ1v) is 6.85. The fourth-order valence-electron chi connectivity index (χ4n) is 1.96. The molecule has 0 spiro atoms. The third-order valence-corrected chi connectivity index (χ3v) is 3.84. The Morgan fingerprint density at radius 1 is 1.15 bits per heavy atom. The molecule has 20 heavy (non-hydrogen) atoms. The number of fused-ring (bicyclic) bond motifs is 1. The number of carbonyl (C=O) groups excluding carboxylic acids is 1. The molecule has 0 atom stereocenters. The molecule has 3 N–H and O–H groups in total. The molecule has 0 unspecified atom stereocenters. The molecule has 0 bridgehead atoms. The van der Waals surface area contributed by atoms with Crippen LogP contribution in [0.4, 0.5) is 15.8 Å². The number of hydrogen-bond donors (Lipinski definition) is 2. The molecule has 3 aromatic rings. The number of thiophene rings is 1. The Morgan fingerprint density at radius 2 is 2.00 bits per heavy atom. The van der Waals surface area contributed by atoms with Gasteiger partial charge < -0.3 is 11.1 Å². The second-order valence-electron chi connectivity index (χ2n) is 4.37. The molecule has 0 aliphatic rings. The largest absolute Gasteiger partial charge is 0.399 e. The fraction of sp³-hybridized carbons (Fsp3) is 0. The number of halogens is 1. The molecule has 100 valence electrons. The molecule has 1 amide bonds. The first-order chi connectivity index (χ1) is 9.63. The van der Waals surface area contributed by atoms with Crippen molar-refractivity contribution in [3.8, 4) is 0 Å². The summed E-state index contributed by atoms with van der Waals surface area (Å²) in [5, 5.41) is 5.70. The number of nitrogen functional groups attached to an aromatic ring is 1. The lowest BCUT2D eigenvalue weighted by atomic mass is 10.1. The van der Waals surface area contributed by atoms with Crippen LogP contribution in [0, 0.1) is 5.82 Å². The molecular formula is C15H11FN2OS. The molecule has 0 fully saturated rings. The summed E-state index contributed by atoms with van der Waals surface area (Å²) in [4.78, 5) is 12.1. The lowest BCUT2D eigenvalue weighted by molar-refractivity contribution is 0.102. The monoisotopic (exact) mass is 286 g/mol. The van der Waals surface area contributed by atoms with Gasteiger partial charge in [0.1, 0.15) is 5.82 Å². The highest BCUT2D eigenvalue weighted by atomic mass is 32.1. The fourth-order valence-corrected chi connectivity index (χ4v) is 2.73. The lowest BCUT2D eigenvalue weighted by Crippen LogP contribution is -2.14. The number of anilines is 2. The second-order valence-corrected chi connectivity index (χ2v) is 5.31. The highest BCUT2D eigenvalue weighted by molar-refractivity contribution is 7.17. The van der Waals surface area contributed by atoms with E-state index in [4.69, 9.17) is 5.73 Å². The molecule has 0 saturated carbocycles. The molecule has 0 aliphatic carbocycles. The van der Waals surface area contributed by atoms with E-state index in [1.54, 1.807) is 17.4 Å². The number of rotatable bonds is 2. The third-order valence-electron chi connectivity index (χ3n) is 2.95. The average molecular weight is 286 g/mol. The molecule has 0 radical (unpaired) electrons. The lowest BCUT2D eigenvalue weighted by Gasteiger charge is -2.07. The molecule has 0 saturated heterocycles. The quantitative estimate of drug-likeness (QED) is 0.702. The van der Waals surface area contributed by atoms with Crippen LogP contribution < -0.4 is 11.1 Å². The van der Waals surface area contributed by atoms with Crippen LogP contribution in [0.2, 0.25) is 0 Å². The van der Waals surface area contributed by atoms with Crippen LogP contribution in [0.3, 0.4) is 0 Å². The average Bonchev–Trinajstić information content (AvgIpc) is 2.89. The maximum absolute atomic E-state index is 13.6. The van der Waals surface area contributed by atoms with Crippen LogP contribution in [0.1, 0.15) is 10.4 Å². The van der Waals surface area contributed by atoms with E-state index in [1.807, 2.05) is 23.6 Å². The first-order valence-electron chi connectivity index (χ1n) is 5.97. The van der Waals surface area contributed by atoms with Crippen LogP contribution in [-0.4, -0.2) is 5.91 Å². The Hall–Kier alpha value is -2.40. The summed E-state index contributed by atoms with van der Waals surface area (Å²) in [5.74, 6) is -1.10. The maximum Gasteiger partial charge on any atom is 0.258 e. The molecular weight excluding hydrogens is 275 g/mol. The van der Waals surface area contributed by atoms with Gasteiger partial charge >= 0.3 is 0 Å². The van der Waals surface area contributed by atoms with Crippen molar-refractivity contribution >= 4 is 38.7 Å². The summed E-state index contributed by atoms with van der Waals surface area (Å²) in [5.41, 5.74) is 6.49. The minimum absolute atomic E-state index is 0.0598.